The monoisotopic (exact) mass is 303 g/mol. The van der Waals surface area contributed by atoms with E-state index < -0.39 is 18.5 Å². The second-order valence-electron chi connectivity index (χ2n) is 4.88. The summed E-state index contributed by atoms with van der Waals surface area (Å²) in [5.74, 6) is 4.32. The molecular formula is C15H17F4NO. The predicted molar refractivity (Wildman–Crippen MR) is 72.0 cm³/mol. The van der Waals surface area contributed by atoms with Gasteiger partial charge >= 0.3 is 6.18 Å². The van der Waals surface area contributed by atoms with Gasteiger partial charge in [0.1, 0.15) is 12.4 Å². The molecule has 0 heterocycles. The average molecular weight is 303 g/mol. The van der Waals surface area contributed by atoms with Crippen LogP contribution in [0, 0.1) is 17.7 Å². The highest BCUT2D eigenvalue weighted by molar-refractivity contribution is 5.37. The van der Waals surface area contributed by atoms with Gasteiger partial charge in [0.2, 0.25) is 0 Å². The van der Waals surface area contributed by atoms with Crippen molar-refractivity contribution in [3.05, 3.63) is 35.1 Å². The van der Waals surface area contributed by atoms with Crippen LogP contribution in [0.3, 0.4) is 0 Å². The molecule has 0 aliphatic carbocycles. The van der Waals surface area contributed by atoms with Gasteiger partial charge in [-0.2, -0.15) is 13.2 Å². The lowest BCUT2D eigenvalue weighted by atomic mass is 10.1. The van der Waals surface area contributed by atoms with Crippen LogP contribution in [0.1, 0.15) is 25.0 Å². The van der Waals surface area contributed by atoms with Crippen LogP contribution in [0.25, 0.3) is 0 Å². The summed E-state index contributed by atoms with van der Waals surface area (Å²) in [6.07, 6.45) is -4.33. The first kappa shape index (κ1) is 17.5. The van der Waals surface area contributed by atoms with E-state index in [0.717, 1.165) is 11.0 Å². The number of rotatable bonds is 4. The van der Waals surface area contributed by atoms with Crippen LogP contribution in [-0.2, 0) is 6.54 Å². The number of hydrogen-bond acceptors (Lipinski definition) is 2. The minimum absolute atomic E-state index is 0.128. The molecule has 6 heteroatoms. The maximum Gasteiger partial charge on any atom is 0.401 e. The first-order chi connectivity index (χ1) is 9.73. The average Bonchev–Trinajstić information content (AvgIpc) is 2.36. The highest BCUT2D eigenvalue weighted by Gasteiger charge is 2.32. The molecule has 1 aromatic carbocycles. The Morgan fingerprint density at radius 1 is 1.29 bits per heavy atom. The van der Waals surface area contributed by atoms with Gasteiger partial charge in [0.05, 0.1) is 6.54 Å². The van der Waals surface area contributed by atoms with Gasteiger partial charge in [-0.05, 0) is 26.0 Å². The molecular weight excluding hydrogens is 286 g/mol. The predicted octanol–water partition coefficient (Wildman–Crippen LogP) is 2.94. The van der Waals surface area contributed by atoms with E-state index in [1.54, 1.807) is 13.8 Å². The molecule has 1 rings (SSSR count). The standard InChI is InChI=1S/C15H17F4NO/c1-11(2)20(10-15(17,18)19)9-13-6-5-12(4-3-7-21)8-14(13)16/h5-6,8,11,21H,7,9-10H2,1-2H3. The van der Waals surface area contributed by atoms with Crippen molar-refractivity contribution in [1.29, 1.82) is 0 Å². The van der Waals surface area contributed by atoms with E-state index in [-0.39, 0.29) is 24.8 Å². The van der Waals surface area contributed by atoms with Crippen LogP contribution in [0.2, 0.25) is 0 Å². The molecule has 1 N–H and O–H groups in total. The molecule has 0 aliphatic rings. The molecule has 0 amide bonds. The van der Waals surface area contributed by atoms with Gasteiger partial charge in [0.15, 0.2) is 0 Å². The number of alkyl halides is 3. The lowest BCUT2D eigenvalue weighted by Gasteiger charge is -2.27. The molecule has 0 bridgehead atoms. The Hall–Kier alpha value is -1.58. The molecule has 0 aliphatic heterocycles. The van der Waals surface area contributed by atoms with Gasteiger partial charge in [0, 0.05) is 23.7 Å². The summed E-state index contributed by atoms with van der Waals surface area (Å²) in [6.45, 7) is 1.71. The molecule has 1 aromatic rings. The molecule has 0 saturated heterocycles. The number of benzene rings is 1. The molecule has 0 aromatic heterocycles. The van der Waals surface area contributed by atoms with Crippen molar-refractivity contribution < 1.29 is 22.7 Å². The van der Waals surface area contributed by atoms with Crippen LogP contribution in [0.4, 0.5) is 17.6 Å². The molecule has 0 unspecified atom stereocenters. The van der Waals surface area contributed by atoms with Crippen LogP contribution >= 0.6 is 0 Å². The number of halogens is 4. The number of hydrogen-bond donors (Lipinski definition) is 1. The van der Waals surface area contributed by atoms with E-state index in [1.807, 2.05) is 0 Å². The fourth-order valence-corrected chi connectivity index (χ4v) is 1.77. The van der Waals surface area contributed by atoms with Gasteiger partial charge in [-0.25, -0.2) is 4.39 Å². The lowest BCUT2D eigenvalue weighted by molar-refractivity contribution is -0.151. The zero-order chi connectivity index (χ0) is 16.0. The Morgan fingerprint density at radius 2 is 1.95 bits per heavy atom. The summed E-state index contributed by atoms with van der Waals surface area (Å²) in [5.41, 5.74) is 0.555. The Bertz CT molecular complexity index is 529. The lowest BCUT2D eigenvalue weighted by Crippen LogP contribution is -2.38. The fraction of sp³-hybridized carbons (Fsp3) is 0.467. The number of aliphatic hydroxyl groups is 1. The minimum atomic E-state index is -4.33. The maximum absolute atomic E-state index is 13.9. The van der Waals surface area contributed by atoms with Crippen molar-refractivity contribution in [3.8, 4) is 11.8 Å². The molecule has 116 valence electrons. The van der Waals surface area contributed by atoms with Crippen LogP contribution in [-0.4, -0.2) is 35.4 Å². The van der Waals surface area contributed by atoms with Crippen molar-refractivity contribution in [2.24, 2.45) is 0 Å². The molecule has 2 nitrogen and oxygen atoms in total. The molecule has 0 atom stereocenters. The molecule has 0 spiro atoms. The zero-order valence-electron chi connectivity index (χ0n) is 11.8. The van der Waals surface area contributed by atoms with E-state index in [1.165, 1.54) is 12.1 Å². The minimum Gasteiger partial charge on any atom is -0.384 e. The first-order valence-electron chi connectivity index (χ1n) is 6.42. The summed E-state index contributed by atoms with van der Waals surface area (Å²) in [7, 11) is 0. The van der Waals surface area contributed by atoms with Crippen molar-refractivity contribution in [2.45, 2.75) is 32.6 Å². The fourth-order valence-electron chi connectivity index (χ4n) is 1.77. The Kier molecular flexibility index (Phi) is 6.19. The van der Waals surface area contributed by atoms with Crippen LogP contribution in [0.15, 0.2) is 18.2 Å². The van der Waals surface area contributed by atoms with Crippen LogP contribution < -0.4 is 0 Å². The van der Waals surface area contributed by atoms with Crippen molar-refractivity contribution >= 4 is 0 Å². The maximum atomic E-state index is 13.9. The van der Waals surface area contributed by atoms with E-state index in [9.17, 15) is 17.6 Å². The third kappa shape index (κ3) is 6.15. The largest absolute Gasteiger partial charge is 0.401 e. The zero-order valence-corrected chi connectivity index (χ0v) is 11.8. The normalized spacial score (nSPS) is 11.7. The third-order valence-corrected chi connectivity index (χ3v) is 2.85. The summed E-state index contributed by atoms with van der Waals surface area (Å²) in [5, 5.41) is 8.56. The Balaban J connectivity index is 2.89. The van der Waals surface area contributed by atoms with Gasteiger partial charge < -0.3 is 5.11 Å². The van der Waals surface area contributed by atoms with Crippen molar-refractivity contribution in [3.63, 3.8) is 0 Å². The second-order valence-corrected chi connectivity index (χ2v) is 4.88. The third-order valence-electron chi connectivity index (χ3n) is 2.85. The topological polar surface area (TPSA) is 23.5 Å². The van der Waals surface area contributed by atoms with Gasteiger partial charge in [-0.15, -0.1) is 0 Å². The number of aliphatic hydroxyl groups excluding tert-OH is 1. The molecule has 21 heavy (non-hydrogen) atoms. The Labute approximate surface area is 121 Å². The van der Waals surface area contributed by atoms with E-state index in [2.05, 4.69) is 11.8 Å². The summed E-state index contributed by atoms with van der Waals surface area (Å²) in [4.78, 5) is 1.15. The molecule has 0 radical (unpaired) electrons. The number of nitrogens with zero attached hydrogens (tertiary/aromatic N) is 1. The quantitative estimate of drug-likeness (QED) is 0.683. The molecule has 0 fully saturated rings. The van der Waals surface area contributed by atoms with E-state index >= 15 is 0 Å². The van der Waals surface area contributed by atoms with Crippen LogP contribution in [0.5, 0.6) is 0 Å². The Morgan fingerprint density at radius 3 is 2.43 bits per heavy atom. The second kappa shape index (κ2) is 7.43. The summed E-state index contributed by atoms with van der Waals surface area (Å²) >= 11 is 0. The summed E-state index contributed by atoms with van der Waals surface area (Å²) < 4.78 is 51.4. The van der Waals surface area contributed by atoms with Crippen molar-refractivity contribution in [1.82, 2.24) is 4.90 Å². The summed E-state index contributed by atoms with van der Waals surface area (Å²) in [6, 6.07) is 3.74. The highest BCUT2D eigenvalue weighted by Crippen LogP contribution is 2.21. The highest BCUT2D eigenvalue weighted by atomic mass is 19.4. The SMILES string of the molecule is CC(C)N(Cc1ccc(C#CCO)cc1F)CC(F)(F)F. The smallest absolute Gasteiger partial charge is 0.384 e. The van der Waals surface area contributed by atoms with E-state index in [0.29, 0.717) is 5.56 Å². The molecule has 0 saturated carbocycles. The van der Waals surface area contributed by atoms with Gasteiger partial charge in [-0.3, -0.25) is 4.90 Å². The van der Waals surface area contributed by atoms with Gasteiger partial charge in [-0.1, -0.05) is 17.9 Å². The van der Waals surface area contributed by atoms with Gasteiger partial charge in [0.25, 0.3) is 0 Å². The van der Waals surface area contributed by atoms with E-state index in [4.69, 9.17) is 5.11 Å². The van der Waals surface area contributed by atoms with Crippen molar-refractivity contribution in [2.75, 3.05) is 13.2 Å². The first-order valence-corrected chi connectivity index (χ1v) is 6.42.